The third-order valence-corrected chi connectivity index (χ3v) is 5.89. The van der Waals surface area contributed by atoms with Crippen LogP contribution in [0.3, 0.4) is 0 Å². The molecule has 0 bridgehead atoms. The number of nitrogens with one attached hydrogen (secondary N) is 2. The van der Waals surface area contributed by atoms with Gasteiger partial charge in [0.2, 0.25) is 5.91 Å². The van der Waals surface area contributed by atoms with Crippen molar-refractivity contribution in [1.29, 1.82) is 0 Å². The predicted octanol–water partition coefficient (Wildman–Crippen LogP) is 2.25. The molecule has 132 valence electrons. The second-order valence-electron chi connectivity index (χ2n) is 6.21. The number of pyridine rings is 1. The molecule has 0 radical (unpaired) electrons. The van der Waals surface area contributed by atoms with E-state index in [0.717, 1.165) is 11.3 Å². The highest BCUT2D eigenvalue weighted by molar-refractivity contribution is 7.91. The van der Waals surface area contributed by atoms with E-state index in [-0.39, 0.29) is 23.5 Å². The van der Waals surface area contributed by atoms with Gasteiger partial charge < -0.3 is 10.6 Å². The normalized spacial score (nSPS) is 18.6. The molecule has 2 N–H and O–H groups in total. The first-order valence-electron chi connectivity index (χ1n) is 8.27. The van der Waals surface area contributed by atoms with Crippen molar-refractivity contribution in [2.75, 3.05) is 22.1 Å². The van der Waals surface area contributed by atoms with Crippen LogP contribution in [0.15, 0.2) is 48.7 Å². The molecule has 0 saturated carbocycles. The highest BCUT2D eigenvalue weighted by atomic mass is 32.2. The molecule has 1 aromatic heterocycles. The Labute approximate surface area is 147 Å². The zero-order valence-corrected chi connectivity index (χ0v) is 14.6. The molecule has 0 aliphatic carbocycles. The summed E-state index contributed by atoms with van der Waals surface area (Å²) in [6.07, 6.45) is 3.30. The summed E-state index contributed by atoms with van der Waals surface area (Å²) >= 11 is 0. The van der Waals surface area contributed by atoms with Gasteiger partial charge in [0.25, 0.3) is 0 Å². The Morgan fingerprint density at radius 1 is 1.16 bits per heavy atom. The molecule has 1 saturated heterocycles. The molecule has 3 rings (SSSR count). The molecule has 7 heteroatoms. The summed E-state index contributed by atoms with van der Waals surface area (Å²) in [5.74, 6) is 0.792. The Morgan fingerprint density at radius 3 is 2.60 bits per heavy atom. The van der Waals surface area contributed by atoms with Gasteiger partial charge in [0.05, 0.1) is 23.4 Å². The van der Waals surface area contributed by atoms with Crippen molar-refractivity contribution >= 4 is 27.2 Å². The Morgan fingerprint density at radius 2 is 1.96 bits per heavy atom. The molecule has 1 aliphatic heterocycles. The van der Waals surface area contributed by atoms with Crippen molar-refractivity contribution in [1.82, 2.24) is 4.98 Å². The Hall–Kier alpha value is -2.41. The van der Waals surface area contributed by atoms with Crippen molar-refractivity contribution in [2.24, 2.45) is 0 Å². The molecule has 1 amide bonds. The highest BCUT2D eigenvalue weighted by Gasteiger charge is 2.27. The first kappa shape index (κ1) is 17.4. The van der Waals surface area contributed by atoms with Gasteiger partial charge in [-0.2, -0.15) is 0 Å². The molecule has 1 atom stereocenters. The number of benzene rings is 1. The molecule has 25 heavy (non-hydrogen) atoms. The van der Waals surface area contributed by atoms with Gasteiger partial charge in [0, 0.05) is 12.5 Å². The van der Waals surface area contributed by atoms with Crippen LogP contribution in [-0.4, -0.2) is 36.9 Å². The van der Waals surface area contributed by atoms with Crippen molar-refractivity contribution in [3.63, 3.8) is 0 Å². The minimum atomic E-state index is -2.91. The fourth-order valence-corrected chi connectivity index (χ4v) is 4.48. The minimum Gasteiger partial charge on any atom is -0.380 e. The van der Waals surface area contributed by atoms with Crippen LogP contribution in [0.2, 0.25) is 0 Å². The van der Waals surface area contributed by atoms with Crippen molar-refractivity contribution in [3.8, 4) is 0 Å². The summed E-state index contributed by atoms with van der Waals surface area (Å²) in [4.78, 5) is 16.2. The lowest BCUT2D eigenvalue weighted by Crippen LogP contribution is -2.20. The lowest BCUT2D eigenvalue weighted by molar-refractivity contribution is -0.116. The van der Waals surface area contributed by atoms with E-state index >= 15 is 0 Å². The van der Waals surface area contributed by atoms with E-state index in [2.05, 4.69) is 15.6 Å². The van der Waals surface area contributed by atoms with Gasteiger partial charge in [-0.1, -0.05) is 30.3 Å². The van der Waals surface area contributed by atoms with Crippen LogP contribution < -0.4 is 10.6 Å². The number of sulfone groups is 1. The SMILES string of the molecule is O=C(CCc1ccccc1)Nc1ccc(NC2CCS(=O)(=O)C2)cn1. The predicted molar refractivity (Wildman–Crippen MR) is 98.3 cm³/mol. The maximum Gasteiger partial charge on any atom is 0.225 e. The van der Waals surface area contributed by atoms with Crippen LogP contribution in [-0.2, 0) is 21.1 Å². The van der Waals surface area contributed by atoms with E-state index in [1.165, 1.54) is 0 Å². The molecule has 2 aromatic rings. The number of nitrogens with zero attached hydrogens (tertiary/aromatic N) is 1. The van der Waals surface area contributed by atoms with E-state index in [4.69, 9.17) is 0 Å². The van der Waals surface area contributed by atoms with Crippen LogP contribution in [0, 0.1) is 0 Å². The standard InChI is InChI=1S/C18H21N3O3S/c22-18(9-6-14-4-2-1-3-5-14)21-17-8-7-15(12-19-17)20-16-10-11-25(23,24)13-16/h1-5,7-8,12,16,20H,6,9-11,13H2,(H,19,21,22). The van der Waals surface area contributed by atoms with Gasteiger partial charge in [0.1, 0.15) is 5.82 Å². The average molecular weight is 359 g/mol. The zero-order chi connectivity index (χ0) is 17.7. The second-order valence-corrected chi connectivity index (χ2v) is 8.44. The first-order chi connectivity index (χ1) is 12.0. The maximum atomic E-state index is 12.0. The largest absolute Gasteiger partial charge is 0.380 e. The van der Waals surface area contributed by atoms with Crippen LogP contribution >= 0.6 is 0 Å². The van der Waals surface area contributed by atoms with Crippen LogP contribution in [0.5, 0.6) is 0 Å². The molecular weight excluding hydrogens is 338 g/mol. The molecule has 1 aromatic carbocycles. The van der Waals surface area contributed by atoms with Crippen molar-refractivity contribution < 1.29 is 13.2 Å². The van der Waals surface area contributed by atoms with Gasteiger partial charge in [-0.05, 0) is 30.5 Å². The summed E-state index contributed by atoms with van der Waals surface area (Å²) in [6.45, 7) is 0. The monoisotopic (exact) mass is 359 g/mol. The third-order valence-electron chi connectivity index (χ3n) is 4.12. The number of carbonyl (C=O) groups is 1. The highest BCUT2D eigenvalue weighted by Crippen LogP contribution is 2.18. The Balaban J connectivity index is 1.48. The van der Waals surface area contributed by atoms with Gasteiger partial charge in [-0.3, -0.25) is 4.79 Å². The topological polar surface area (TPSA) is 88.2 Å². The summed E-state index contributed by atoms with van der Waals surface area (Å²) in [5.41, 5.74) is 1.88. The Bertz CT molecular complexity index is 820. The minimum absolute atomic E-state index is 0.0712. The molecule has 2 heterocycles. The number of aryl methyl sites for hydroxylation is 1. The van der Waals surface area contributed by atoms with Gasteiger partial charge in [-0.15, -0.1) is 0 Å². The summed E-state index contributed by atoms with van der Waals surface area (Å²) in [6, 6.07) is 13.3. The van der Waals surface area contributed by atoms with Crippen LogP contribution in [0.4, 0.5) is 11.5 Å². The van der Waals surface area contributed by atoms with Crippen molar-refractivity contribution in [3.05, 3.63) is 54.2 Å². The second kappa shape index (κ2) is 7.65. The molecule has 1 aliphatic rings. The number of anilines is 2. The number of hydrogen-bond donors (Lipinski definition) is 2. The van der Waals surface area contributed by atoms with Crippen LogP contribution in [0.1, 0.15) is 18.4 Å². The van der Waals surface area contributed by atoms with E-state index in [1.54, 1.807) is 18.3 Å². The third kappa shape index (κ3) is 5.29. The molecule has 0 spiro atoms. The number of hydrogen-bond acceptors (Lipinski definition) is 5. The molecule has 6 nitrogen and oxygen atoms in total. The molecule has 1 fully saturated rings. The van der Waals surface area contributed by atoms with Crippen LogP contribution in [0.25, 0.3) is 0 Å². The lowest BCUT2D eigenvalue weighted by atomic mass is 10.1. The molecular formula is C18H21N3O3S. The van der Waals surface area contributed by atoms with E-state index < -0.39 is 9.84 Å². The van der Waals surface area contributed by atoms with Gasteiger partial charge in [-0.25, -0.2) is 13.4 Å². The maximum absolute atomic E-state index is 12.0. The summed E-state index contributed by atoms with van der Waals surface area (Å²) < 4.78 is 22.9. The summed E-state index contributed by atoms with van der Waals surface area (Å²) in [7, 11) is -2.91. The van der Waals surface area contributed by atoms with Crippen molar-refractivity contribution in [2.45, 2.75) is 25.3 Å². The quantitative estimate of drug-likeness (QED) is 0.826. The van der Waals surface area contributed by atoms with Gasteiger partial charge >= 0.3 is 0 Å². The number of amides is 1. The first-order valence-corrected chi connectivity index (χ1v) is 10.1. The fraction of sp³-hybridized carbons (Fsp3) is 0.333. The number of rotatable bonds is 6. The summed E-state index contributed by atoms with van der Waals surface area (Å²) in [5, 5.41) is 5.94. The van der Waals surface area contributed by atoms with Gasteiger partial charge in [0.15, 0.2) is 9.84 Å². The number of aromatic nitrogens is 1. The average Bonchev–Trinajstić information content (AvgIpc) is 2.94. The molecule has 1 unspecified atom stereocenters. The lowest BCUT2D eigenvalue weighted by Gasteiger charge is -2.12. The zero-order valence-electron chi connectivity index (χ0n) is 13.8. The number of carbonyl (C=O) groups excluding carboxylic acids is 1. The van der Waals surface area contributed by atoms with E-state index in [1.807, 2.05) is 30.3 Å². The van der Waals surface area contributed by atoms with E-state index in [0.29, 0.717) is 25.1 Å². The fourth-order valence-electron chi connectivity index (χ4n) is 2.81. The Kier molecular flexibility index (Phi) is 5.33. The van der Waals surface area contributed by atoms with E-state index in [9.17, 15) is 13.2 Å². The smallest absolute Gasteiger partial charge is 0.225 e.